The summed E-state index contributed by atoms with van der Waals surface area (Å²) in [4.78, 5) is 11.1. The molecule has 0 unspecified atom stereocenters. The van der Waals surface area contributed by atoms with Gasteiger partial charge in [0.2, 0.25) is 0 Å². The van der Waals surface area contributed by atoms with E-state index in [0.717, 1.165) is 18.7 Å². The first-order chi connectivity index (χ1) is 12.8. The van der Waals surface area contributed by atoms with Crippen LogP contribution in [0.2, 0.25) is 0 Å². The van der Waals surface area contributed by atoms with Gasteiger partial charge in [-0.2, -0.15) is 0 Å². The lowest BCUT2D eigenvalue weighted by molar-refractivity contribution is 0.0698. The summed E-state index contributed by atoms with van der Waals surface area (Å²) < 4.78 is 0. The molecule has 0 aliphatic heterocycles. The van der Waals surface area contributed by atoms with Gasteiger partial charge in [0.1, 0.15) is 0 Å². The van der Waals surface area contributed by atoms with Gasteiger partial charge >= 0.3 is 5.97 Å². The van der Waals surface area contributed by atoms with E-state index >= 15 is 0 Å². The third kappa shape index (κ3) is 11.2. The lowest BCUT2D eigenvalue weighted by Crippen LogP contribution is -2.07. The van der Waals surface area contributed by atoms with E-state index in [4.69, 9.17) is 5.11 Å². The Bertz CT molecular complexity index is 473. The maximum Gasteiger partial charge on any atom is 0.337 e. The van der Waals surface area contributed by atoms with Crippen LogP contribution < -0.4 is 5.32 Å². The van der Waals surface area contributed by atoms with E-state index in [0.29, 0.717) is 5.56 Å². The number of carbonyl (C=O) groups is 1. The van der Waals surface area contributed by atoms with Gasteiger partial charge in [0, 0.05) is 12.2 Å². The first kappa shape index (κ1) is 22.5. The molecule has 1 aromatic rings. The van der Waals surface area contributed by atoms with E-state index in [1.807, 2.05) is 12.1 Å². The minimum absolute atomic E-state index is 0.359. The van der Waals surface area contributed by atoms with Crippen molar-refractivity contribution in [3.8, 4) is 0 Å². The fraction of sp³-hybridized carbons (Fsp3) is 0.696. The highest BCUT2D eigenvalue weighted by Gasteiger charge is 2.07. The zero-order chi connectivity index (χ0) is 18.9. The third-order valence-corrected chi connectivity index (χ3v) is 5.00. The minimum atomic E-state index is -0.867. The van der Waals surface area contributed by atoms with Gasteiger partial charge in [0.15, 0.2) is 0 Å². The van der Waals surface area contributed by atoms with Crippen molar-refractivity contribution in [1.82, 2.24) is 0 Å². The number of hydrogen-bond acceptors (Lipinski definition) is 2. The summed E-state index contributed by atoms with van der Waals surface area (Å²) in [6, 6.07) is 7.13. The van der Waals surface area contributed by atoms with Crippen molar-refractivity contribution in [2.45, 2.75) is 96.8 Å². The molecule has 0 amide bonds. The molecule has 0 atom stereocenters. The summed E-state index contributed by atoms with van der Waals surface area (Å²) in [6.07, 6.45) is 19.0. The van der Waals surface area contributed by atoms with Gasteiger partial charge in [0.05, 0.1) is 5.56 Å². The van der Waals surface area contributed by atoms with Crippen LogP contribution >= 0.6 is 0 Å². The second-order valence-electron chi connectivity index (χ2n) is 7.37. The van der Waals surface area contributed by atoms with E-state index in [2.05, 4.69) is 12.2 Å². The number of benzene rings is 1. The molecule has 0 radical (unpaired) electrons. The Morgan fingerprint density at radius 3 is 1.73 bits per heavy atom. The van der Waals surface area contributed by atoms with Crippen LogP contribution in [0.5, 0.6) is 0 Å². The Morgan fingerprint density at radius 1 is 0.769 bits per heavy atom. The van der Waals surface area contributed by atoms with Crippen molar-refractivity contribution >= 4 is 11.7 Å². The van der Waals surface area contributed by atoms with Gasteiger partial charge in [-0.3, -0.25) is 0 Å². The van der Waals surface area contributed by atoms with Crippen molar-refractivity contribution in [2.75, 3.05) is 11.9 Å². The van der Waals surface area contributed by atoms with Gasteiger partial charge in [-0.1, -0.05) is 103 Å². The normalized spacial score (nSPS) is 10.8. The quantitative estimate of drug-likeness (QED) is 0.287. The first-order valence-corrected chi connectivity index (χ1v) is 10.8. The molecule has 2 N–H and O–H groups in total. The lowest BCUT2D eigenvalue weighted by Gasteiger charge is -2.09. The molecule has 3 heteroatoms. The molecule has 0 aliphatic rings. The summed E-state index contributed by atoms with van der Waals surface area (Å²) in [6.45, 7) is 3.12. The Balaban J connectivity index is 1.88. The lowest BCUT2D eigenvalue weighted by atomic mass is 10.0. The molecule has 0 saturated carbocycles. The fourth-order valence-corrected chi connectivity index (χ4v) is 3.37. The molecule has 0 saturated heterocycles. The molecule has 1 rings (SSSR count). The van der Waals surface area contributed by atoms with E-state index in [1.165, 1.54) is 83.5 Å². The molecule has 0 spiro atoms. The largest absolute Gasteiger partial charge is 0.478 e. The smallest absolute Gasteiger partial charge is 0.337 e. The molecule has 0 bridgehead atoms. The van der Waals surface area contributed by atoms with E-state index in [9.17, 15) is 4.79 Å². The van der Waals surface area contributed by atoms with E-state index < -0.39 is 5.97 Å². The maximum absolute atomic E-state index is 11.1. The van der Waals surface area contributed by atoms with Crippen LogP contribution in [0.4, 0.5) is 5.69 Å². The third-order valence-electron chi connectivity index (χ3n) is 5.00. The molecular formula is C23H39NO2. The minimum Gasteiger partial charge on any atom is -0.478 e. The van der Waals surface area contributed by atoms with Crippen LogP contribution in [-0.4, -0.2) is 17.6 Å². The number of nitrogens with one attached hydrogen (secondary N) is 1. The average molecular weight is 362 g/mol. The standard InChI is InChI=1S/C23H39NO2/c1-2-3-4-5-6-7-8-9-10-11-12-13-14-17-20-24-22-19-16-15-18-21(22)23(25)26/h15-16,18-19,24H,2-14,17,20H2,1H3,(H,25,26). The molecule has 0 aromatic heterocycles. The number of para-hydroxylation sites is 1. The number of rotatable bonds is 17. The maximum atomic E-state index is 11.1. The molecule has 0 aliphatic carbocycles. The monoisotopic (exact) mass is 361 g/mol. The van der Waals surface area contributed by atoms with Gasteiger partial charge in [-0.15, -0.1) is 0 Å². The Morgan fingerprint density at radius 2 is 1.23 bits per heavy atom. The highest BCUT2D eigenvalue weighted by atomic mass is 16.4. The number of unbranched alkanes of at least 4 members (excludes halogenated alkanes) is 13. The van der Waals surface area contributed by atoms with Crippen LogP contribution in [0, 0.1) is 0 Å². The topological polar surface area (TPSA) is 49.3 Å². The molecule has 26 heavy (non-hydrogen) atoms. The van der Waals surface area contributed by atoms with E-state index in [1.54, 1.807) is 12.1 Å². The Hall–Kier alpha value is -1.51. The van der Waals surface area contributed by atoms with Gasteiger partial charge in [-0.05, 0) is 18.6 Å². The van der Waals surface area contributed by atoms with Crippen LogP contribution in [-0.2, 0) is 0 Å². The number of carboxylic acids is 1. The predicted octanol–water partition coefficient (Wildman–Crippen LogP) is 7.28. The van der Waals surface area contributed by atoms with Crippen LogP contribution in [0.25, 0.3) is 0 Å². The van der Waals surface area contributed by atoms with Crippen LogP contribution in [0.3, 0.4) is 0 Å². The fourth-order valence-electron chi connectivity index (χ4n) is 3.37. The Kier molecular flexibility index (Phi) is 13.6. The summed E-state index contributed by atoms with van der Waals surface area (Å²) >= 11 is 0. The van der Waals surface area contributed by atoms with Crippen LogP contribution in [0.15, 0.2) is 24.3 Å². The number of aromatic carboxylic acids is 1. The highest BCUT2D eigenvalue weighted by Crippen LogP contribution is 2.16. The predicted molar refractivity (Wildman–Crippen MR) is 112 cm³/mol. The second-order valence-corrected chi connectivity index (χ2v) is 7.37. The number of carboxylic acid groups (broad SMARTS) is 1. The zero-order valence-corrected chi connectivity index (χ0v) is 16.8. The van der Waals surface area contributed by atoms with Crippen molar-refractivity contribution in [2.24, 2.45) is 0 Å². The molecule has 0 heterocycles. The van der Waals surface area contributed by atoms with Crippen LogP contribution in [0.1, 0.15) is 107 Å². The molecule has 0 fully saturated rings. The summed E-state index contributed by atoms with van der Waals surface area (Å²) in [5, 5.41) is 12.4. The molecular weight excluding hydrogens is 322 g/mol. The zero-order valence-electron chi connectivity index (χ0n) is 16.8. The van der Waals surface area contributed by atoms with E-state index in [-0.39, 0.29) is 0 Å². The van der Waals surface area contributed by atoms with Crippen molar-refractivity contribution < 1.29 is 9.90 Å². The van der Waals surface area contributed by atoms with Crippen molar-refractivity contribution in [3.05, 3.63) is 29.8 Å². The molecule has 148 valence electrons. The highest BCUT2D eigenvalue weighted by molar-refractivity contribution is 5.94. The average Bonchev–Trinajstić information content (AvgIpc) is 2.65. The Labute approximate surface area is 160 Å². The summed E-state index contributed by atoms with van der Waals surface area (Å²) in [5.41, 5.74) is 1.09. The number of hydrogen-bond donors (Lipinski definition) is 2. The summed E-state index contributed by atoms with van der Waals surface area (Å²) in [7, 11) is 0. The SMILES string of the molecule is CCCCCCCCCCCCCCCCNc1ccccc1C(=O)O. The van der Waals surface area contributed by atoms with Gasteiger partial charge < -0.3 is 10.4 Å². The first-order valence-electron chi connectivity index (χ1n) is 10.8. The second kappa shape index (κ2) is 15.7. The molecule has 1 aromatic carbocycles. The van der Waals surface area contributed by atoms with Crippen molar-refractivity contribution in [1.29, 1.82) is 0 Å². The summed E-state index contributed by atoms with van der Waals surface area (Å²) in [5.74, 6) is -0.867. The number of anilines is 1. The van der Waals surface area contributed by atoms with Crippen molar-refractivity contribution in [3.63, 3.8) is 0 Å². The molecule has 3 nitrogen and oxygen atoms in total. The van der Waals surface area contributed by atoms with Gasteiger partial charge in [0.25, 0.3) is 0 Å². The van der Waals surface area contributed by atoms with Gasteiger partial charge in [-0.25, -0.2) is 4.79 Å².